The van der Waals surface area contributed by atoms with E-state index in [1.807, 2.05) is 0 Å². The first-order valence-corrected chi connectivity index (χ1v) is 8.85. The minimum absolute atomic E-state index is 0.269. The van der Waals surface area contributed by atoms with Crippen LogP contribution in [0.4, 0.5) is 0 Å². The highest BCUT2D eigenvalue weighted by molar-refractivity contribution is 9.10. The SMILES string of the molecule is CCc1nn(CC)c(CC(N)C2CCC(C)CC2)c1Br. The lowest BCUT2D eigenvalue weighted by atomic mass is 9.78. The average Bonchev–Trinajstić information content (AvgIpc) is 2.76. The van der Waals surface area contributed by atoms with Gasteiger partial charge in [0.05, 0.1) is 15.9 Å². The largest absolute Gasteiger partial charge is 0.327 e. The highest BCUT2D eigenvalue weighted by Crippen LogP contribution is 2.32. The summed E-state index contributed by atoms with van der Waals surface area (Å²) in [5.41, 5.74) is 8.95. The molecule has 1 heterocycles. The van der Waals surface area contributed by atoms with Crippen LogP contribution >= 0.6 is 15.9 Å². The predicted molar refractivity (Wildman–Crippen MR) is 87.8 cm³/mol. The summed E-state index contributed by atoms with van der Waals surface area (Å²) in [6, 6.07) is 0.269. The number of aromatic nitrogens is 2. The van der Waals surface area contributed by atoms with Gasteiger partial charge in [-0.2, -0.15) is 5.10 Å². The molecule has 0 spiro atoms. The van der Waals surface area contributed by atoms with Crippen molar-refractivity contribution in [2.24, 2.45) is 17.6 Å². The molecule has 3 nitrogen and oxygen atoms in total. The van der Waals surface area contributed by atoms with Crippen molar-refractivity contribution in [1.29, 1.82) is 0 Å². The summed E-state index contributed by atoms with van der Waals surface area (Å²) in [4.78, 5) is 0. The molecule has 0 bridgehead atoms. The van der Waals surface area contributed by atoms with Gasteiger partial charge in [0, 0.05) is 19.0 Å². The fourth-order valence-corrected chi connectivity index (χ4v) is 4.04. The molecular formula is C16H28BrN3. The Labute approximate surface area is 131 Å². The summed E-state index contributed by atoms with van der Waals surface area (Å²) >= 11 is 3.73. The van der Waals surface area contributed by atoms with Crippen molar-refractivity contribution in [3.05, 3.63) is 15.9 Å². The van der Waals surface area contributed by atoms with Crippen LogP contribution in [0.1, 0.15) is 57.8 Å². The molecule has 2 N–H and O–H groups in total. The Balaban J connectivity index is 2.07. The van der Waals surface area contributed by atoms with Gasteiger partial charge in [0.15, 0.2) is 0 Å². The van der Waals surface area contributed by atoms with Gasteiger partial charge in [-0.15, -0.1) is 0 Å². The number of hydrogen-bond acceptors (Lipinski definition) is 2. The molecule has 1 saturated carbocycles. The summed E-state index contributed by atoms with van der Waals surface area (Å²) in [5, 5.41) is 4.67. The Hall–Kier alpha value is -0.350. The van der Waals surface area contributed by atoms with Crippen LogP contribution in [0, 0.1) is 11.8 Å². The standard InChI is InChI=1S/C16H28BrN3/c1-4-14-16(17)15(20(5-2)19-14)10-13(18)12-8-6-11(3)7-9-12/h11-13H,4-10,18H2,1-3H3. The summed E-state index contributed by atoms with van der Waals surface area (Å²) in [7, 11) is 0. The van der Waals surface area contributed by atoms with Gasteiger partial charge in [0.2, 0.25) is 0 Å². The molecule has 1 aliphatic rings. The van der Waals surface area contributed by atoms with E-state index in [0.717, 1.165) is 31.0 Å². The normalized spacial score (nSPS) is 24.9. The Bertz CT molecular complexity index is 433. The Morgan fingerprint density at radius 3 is 2.50 bits per heavy atom. The van der Waals surface area contributed by atoms with Gasteiger partial charge >= 0.3 is 0 Å². The second-order valence-corrected chi connectivity index (χ2v) is 7.06. The molecule has 1 atom stereocenters. The molecule has 4 heteroatoms. The molecule has 1 fully saturated rings. The second-order valence-electron chi connectivity index (χ2n) is 6.26. The first kappa shape index (κ1) is 16.0. The lowest BCUT2D eigenvalue weighted by Crippen LogP contribution is -2.35. The maximum Gasteiger partial charge on any atom is 0.0766 e. The number of rotatable bonds is 5. The summed E-state index contributed by atoms with van der Waals surface area (Å²) in [5.74, 6) is 1.57. The van der Waals surface area contributed by atoms with Crippen molar-refractivity contribution in [3.63, 3.8) is 0 Å². The molecule has 1 aromatic heterocycles. The van der Waals surface area contributed by atoms with E-state index in [1.54, 1.807) is 0 Å². The Morgan fingerprint density at radius 2 is 1.95 bits per heavy atom. The molecule has 1 unspecified atom stereocenters. The number of nitrogens with zero attached hydrogens (tertiary/aromatic N) is 2. The van der Waals surface area contributed by atoms with Crippen LogP contribution in [-0.4, -0.2) is 15.8 Å². The average molecular weight is 342 g/mol. The molecule has 0 saturated heterocycles. The van der Waals surface area contributed by atoms with Crippen LogP contribution in [-0.2, 0) is 19.4 Å². The Kier molecular flexibility index (Phi) is 5.67. The topological polar surface area (TPSA) is 43.8 Å². The van der Waals surface area contributed by atoms with E-state index in [0.29, 0.717) is 5.92 Å². The van der Waals surface area contributed by atoms with Crippen LogP contribution in [0.3, 0.4) is 0 Å². The fourth-order valence-electron chi connectivity index (χ4n) is 3.32. The van der Waals surface area contributed by atoms with Crippen LogP contribution < -0.4 is 5.73 Å². The van der Waals surface area contributed by atoms with E-state index in [4.69, 9.17) is 5.73 Å². The first-order chi connectivity index (χ1) is 9.56. The van der Waals surface area contributed by atoms with Gasteiger partial charge in [-0.1, -0.05) is 26.7 Å². The third kappa shape index (κ3) is 3.45. The van der Waals surface area contributed by atoms with Gasteiger partial charge in [0.25, 0.3) is 0 Å². The van der Waals surface area contributed by atoms with Crippen molar-refractivity contribution in [1.82, 2.24) is 9.78 Å². The van der Waals surface area contributed by atoms with Gasteiger partial charge in [-0.3, -0.25) is 4.68 Å². The zero-order valence-corrected chi connectivity index (χ0v) is 14.6. The molecule has 20 heavy (non-hydrogen) atoms. The van der Waals surface area contributed by atoms with Gasteiger partial charge in [0.1, 0.15) is 0 Å². The minimum Gasteiger partial charge on any atom is -0.327 e. The van der Waals surface area contributed by atoms with E-state index in [-0.39, 0.29) is 6.04 Å². The lowest BCUT2D eigenvalue weighted by Gasteiger charge is -2.30. The molecule has 114 valence electrons. The zero-order chi connectivity index (χ0) is 14.7. The number of aryl methyl sites for hydroxylation is 2. The van der Waals surface area contributed by atoms with Gasteiger partial charge in [-0.25, -0.2) is 0 Å². The van der Waals surface area contributed by atoms with Crippen LogP contribution in [0.25, 0.3) is 0 Å². The molecule has 1 aliphatic carbocycles. The van der Waals surface area contributed by atoms with E-state index >= 15 is 0 Å². The van der Waals surface area contributed by atoms with Crippen LogP contribution in [0.2, 0.25) is 0 Å². The molecule has 0 amide bonds. The smallest absolute Gasteiger partial charge is 0.0766 e. The van der Waals surface area contributed by atoms with Gasteiger partial charge in [-0.05, 0) is 54.0 Å². The quantitative estimate of drug-likeness (QED) is 0.881. The van der Waals surface area contributed by atoms with E-state index in [2.05, 4.69) is 46.5 Å². The van der Waals surface area contributed by atoms with E-state index in [1.165, 1.54) is 35.8 Å². The third-order valence-electron chi connectivity index (χ3n) is 4.79. The van der Waals surface area contributed by atoms with E-state index in [9.17, 15) is 0 Å². The van der Waals surface area contributed by atoms with Crippen molar-refractivity contribution in [2.75, 3.05) is 0 Å². The summed E-state index contributed by atoms with van der Waals surface area (Å²) < 4.78 is 3.30. The molecule has 1 aromatic rings. The van der Waals surface area contributed by atoms with Crippen LogP contribution in [0.15, 0.2) is 4.47 Å². The number of halogens is 1. The van der Waals surface area contributed by atoms with Crippen molar-refractivity contribution in [3.8, 4) is 0 Å². The molecule has 2 rings (SSSR count). The third-order valence-corrected chi connectivity index (χ3v) is 5.70. The van der Waals surface area contributed by atoms with Crippen molar-refractivity contribution >= 4 is 15.9 Å². The molecule has 0 radical (unpaired) electrons. The van der Waals surface area contributed by atoms with Crippen molar-refractivity contribution < 1.29 is 0 Å². The fraction of sp³-hybridized carbons (Fsp3) is 0.812. The van der Waals surface area contributed by atoms with Gasteiger partial charge < -0.3 is 5.73 Å². The monoisotopic (exact) mass is 341 g/mol. The maximum atomic E-state index is 6.51. The molecule has 0 aromatic carbocycles. The van der Waals surface area contributed by atoms with E-state index < -0.39 is 0 Å². The zero-order valence-electron chi connectivity index (χ0n) is 13.0. The van der Waals surface area contributed by atoms with Crippen molar-refractivity contribution in [2.45, 2.75) is 71.9 Å². The summed E-state index contributed by atoms with van der Waals surface area (Å²) in [6.45, 7) is 7.58. The van der Waals surface area contributed by atoms with Crippen LogP contribution in [0.5, 0.6) is 0 Å². The minimum atomic E-state index is 0.269. The first-order valence-electron chi connectivity index (χ1n) is 8.06. The summed E-state index contributed by atoms with van der Waals surface area (Å²) in [6.07, 6.45) is 7.18. The second kappa shape index (κ2) is 7.08. The highest BCUT2D eigenvalue weighted by atomic mass is 79.9. The Morgan fingerprint density at radius 1 is 1.30 bits per heavy atom. The number of nitrogens with two attached hydrogens (primary N) is 1. The predicted octanol–water partition coefficient (Wildman–Crippen LogP) is 3.92. The highest BCUT2D eigenvalue weighted by Gasteiger charge is 2.26. The lowest BCUT2D eigenvalue weighted by molar-refractivity contribution is 0.251. The molecule has 0 aliphatic heterocycles. The molecular weight excluding hydrogens is 314 g/mol. The maximum absolute atomic E-state index is 6.51. The number of hydrogen-bond donors (Lipinski definition) is 1.